The number of carbonyl (C=O) groups is 3. The summed E-state index contributed by atoms with van der Waals surface area (Å²) in [7, 11) is 0. The molecule has 2 amide bonds. The minimum atomic E-state index is -1.59. The largest absolute Gasteiger partial charge is 0.425 e. The smallest absolute Gasteiger partial charge is 0.342 e. The van der Waals surface area contributed by atoms with E-state index in [2.05, 4.69) is 29.6 Å². The van der Waals surface area contributed by atoms with Crippen molar-refractivity contribution >= 4 is 28.7 Å². The van der Waals surface area contributed by atoms with Crippen LogP contribution in [0.15, 0.2) is 103 Å². The van der Waals surface area contributed by atoms with Crippen molar-refractivity contribution in [2.75, 3.05) is 13.1 Å². The van der Waals surface area contributed by atoms with Crippen LogP contribution in [0.3, 0.4) is 0 Å². The summed E-state index contributed by atoms with van der Waals surface area (Å²) < 4.78 is 11.4. The number of fused-ring (bicyclic) bond motifs is 3. The van der Waals surface area contributed by atoms with Gasteiger partial charge in [-0.2, -0.15) is 0 Å². The minimum absolute atomic E-state index is 0.0131. The highest BCUT2D eigenvalue weighted by atomic mass is 16.6. The number of ether oxygens (including phenoxy) is 2. The van der Waals surface area contributed by atoms with Crippen LogP contribution in [-0.2, 0) is 41.7 Å². The quantitative estimate of drug-likeness (QED) is 0.102. The Kier molecular flexibility index (Phi) is 10.9. The van der Waals surface area contributed by atoms with Gasteiger partial charge in [-0.3, -0.25) is 0 Å². The van der Waals surface area contributed by atoms with E-state index in [1.807, 2.05) is 80.6 Å². The molecular formula is C45H46N2O6. The molecule has 0 saturated heterocycles. The number of esters is 2. The molecule has 0 bridgehead atoms. The van der Waals surface area contributed by atoms with Gasteiger partial charge in [0.25, 0.3) is 0 Å². The molecule has 0 aliphatic heterocycles. The number of nitrogens with one attached hydrogen (secondary N) is 1. The second kappa shape index (κ2) is 16.0. The number of urea groups is 1. The summed E-state index contributed by atoms with van der Waals surface area (Å²) in [6.45, 7) is 3.81. The number of nitrogens with zero attached hydrogens (tertiary/aromatic N) is 1. The third-order valence-corrected chi connectivity index (χ3v) is 10.2. The van der Waals surface area contributed by atoms with Gasteiger partial charge in [0.05, 0.1) is 6.54 Å². The molecule has 0 spiro atoms. The molecule has 5 aromatic rings. The number of rotatable bonds is 12. The fraction of sp³-hybridized carbons (Fsp3) is 0.311. The molecule has 5 aromatic carbocycles. The predicted octanol–water partition coefficient (Wildman–Crippen LogP) is 7.64. The second-order valence-electron chi connectivity index (χ2n) is 14.7. The molecule has 7 rings (SSSR count). The normalized spacial score (nSPS) is 14.3. The molecule has 2 aliphatic rings. The first-order valence-electron chi connectivity index (χ1n) is 18.7. The Hall–Kier alpha value is -5.47. The van der Waals surface area contributed by atoms with Gasteiger partial charge < -0.3 is 24.8 Å². The lowest BCUT2D eigenvalue weighted by Crippen LogP contribution is -2.53. The van der Waals surface area contributed by atoms with E-state index in [-0.39, 0.29) is 25.4 Å². The van der Waals surface area contributed by atoms with Crippen molar-refractivity contribution in [3.8, 4) is 22.6 Å². The summed E-state index contributed by atoms with van der Waals surface area (Å²) >= 11 is 0. The summed E-state index contributed by atoms with van der Waals surface area (Å²) in [5.74, 6) is -0.627. The molecule has 0 aromatic heterocycles. The van der Waals surface area contributed by atoms with Gasteiger partial charge in [0.1, 0.15) is 17.5 Å². The molecule has 0 saturated carbocycles. The van der Waals surface area contributed by atoms with Crippen LogP contribution in [0.25, 0.3) is 21.9 Å². The maximum absolute atomic E-state index is 13.9. The summed E-state index contributed by atoms with van der Waals surface area (Å²) in [6, 6.07) is 32.0. The van der Waals surface area contributed by atoms with Gasteiger partial charge in [0.2, 0.25) is 0 Å². The van der Waals surface area contributed by atoms with Crippen LogP contribution in [0.4, 0.5) is 4.79 Å². The van der Waals surface area contributed by atoms with E-state index in [0.717, 1.165) is 71.6 Å². The maximum Gasteiger partial charge on any atom is 0.342 e. The Balaban J connectivity index is 1.08. The van der Waals surface area contributed by atoms with E-state index in [1.165, 1.54) is 21.6 Å². The first kappa shape index (κ1) is 35.9. The number of aliphatic hydroxyl groups excluding tert-OH is 1. The molecule has 0 radical (unpaired) electrons. The van der Waals surface area contributed by atoms with Gasteiger partial charge in [-0.05, 0) is 118 Å². The van der Waals surface area contributed by atoms with Crippen LogP contribution >= 0.6 is 0 Å². The SMILES string of the molecule is CC(C)CN(CC(O)C(=O)Oc1ccc2c(c1)CCC2)C(=O)N[C@@H](Cc1ccc(-c2cccc3ccccc23)cc1)C(=O)Oc1ccc2c(c1)CCC2. The Morgan fingerprint density at radius 2 is 1.30 bits per heavy atom. The maximum atomic E-state index is 13.9. The molecule has 0 heterocycles. The molecular weight excluding hydrogens is 665 g/mol. The zero-order valence-corrected chi connectivity index (χ0v) is 30.3. The van der Waals surface area contributed by atoms with Gasteiger partial charge >= 0.3 is 18.0 Å². The summed E-state index contributed by atoms with van der Waals surface area (Å²) in [4.78, 5) is 42.2. The zero-order valence-electron chi connectivity index (χ0n) is 30.3. The van der Waals surface area contributed by atoms with Crippen molar-refractivity contribution in [3.63, 3.8) is 0 Å². The Labute approximate surface area is 310 Å². The fourth-order valence-corrected chi connectivity index (χ4v) is 7.53. The number of aryl methyl sites for hydroxylation is 4. The standard InChI is InChI=1S/C45H46N2O6/c1-29(2)27-47(28-42(48)44(50)53-38-23-21-32-10-6-13-36(32)26-38)45(51)46-41(43(49)52-37-22-20-31-9-5-12-35(31)25-37)24-30-16-18-34(19-17-30)40-15-7-11-33-8-3-4-14-39(33)40/h3-4,7-8,11,14-23,25-26,29,41-42,48H,5-6,9-10,12-13,24,27-28H2,1-2H3,(H,46,51)/t41-,42?/m0/s1. The molecule has 0 fully saturated rings. The first-order chi connectivity index (χ1) is 25.7. The number of benzene rings is 5. The van der Waals surface area contributed by atoms with Crippen molar-refractivity contribution in [2.45, 2.75) is 70.9 Å². The molecule has 1 unspecified atom stereocenters. The van der Waals surface area contributed by atoms with Gasteiger partial charge in [0.15, 0.2) is 6.10 Å². The lowest BCUT2D eigenvalue weighted by atomic mass is 9.96. The topological polar surface area (TPSA) is 105 Å². The van der Waals surface area contributed by atoms with Crippen molar-refractivity contribution in [1.29, 1.82) is 0 Å². The Morgan fingerprint density at radius 1 is 0.698 bits per heavy atom. The molecule has 2 atom stereocenters. The van der Waals surface area contributed by atoms with Crippen LogP contribution in [0.5, 0.6) is 11.5 Å². The highest BCUT2D eigenvalue weighted by molar-refractivity contribution is 5.96. The lowest BCUT2D eigenvalue weighted by molar-refractivity contribution is -0.144. The number of hydrogen-bond donors (Lipinski definition) is 2. The van der Waals surface area contributed by atoms with Crippen LogP contribution in [0, 0.1) is 5.92 Å². The average Bonchev–Trinajstić information content (AvgIpc) is 3.83. The van der Waals surface area contributed by atoms with E-state index < -0.39 is 30.1 Å². The zero-order chi connectivity index (χ0) is 36.9. The van der Waals surface area contributed by atoms with Gasteiger partial charge in [-0.15, -0.1) is 0 Å². The van der Waals surface area contributed by atoms with Crippen molar-refractivity contribution < 1.29 is 29.0 Å². The molecule has 272 valence electrons. The first-order valence-corrected chi connectivity index (χ1v) is 18.7. The third kappa shape index (κ3) is 8.61. The van der Waals surface area contributed by atoms with Crippen LogP contribution in [-0.4, -0.2) is 53.2 Å². The Bertz CT molecular complexity index is 2120. The molecule has 2 N–H and O–H groups in total. The van der Waals surface area contributed by atoms with Crippen molar-refractivity contribution in [1.82, 2.24) is 10.2 Å². The number of aliphatic hydroxyl groups is 1. The predicted molar refractivity (Wildman–Crippen MR) is 206 cm³/mol. The van der Waals surface area contributed by atoms with Gasteiger partial charge in [0, 0.05) is 13.0 Å². The molecule has 2 aliphatic carbocycles. The number of hydrogen-bond acceptors (Lipinski definition) is 6. The highest BCUT2D eigenvalue weighted by Crippen LogP contribution is 2.30. The number of carbonyl (C=O) groups excluding carboxylic acids is 3. The van der Waals surface area contributed by atoms with Gasteiger partial charge in [-0.25, -0.2) is 14.4 Å². The monoisotopic (exact) mass is 710 g/mol. The summed E-state index contributed by atoms with van der Waals surface area (Å²) in [5.41, 5.74) is 7.80. The summed E-state index contributed by atoms with van der Waals surface area (Å²) in [5, 5.41) is 16.1. The van der Waals surface area contributed by atoms with E-state index >= 15 is 0 Å². The van der Waals surface area contributed by atoms with Crippen LogP contribution in [0.1, 0.15) is 54.5 Å². The van der Waals surface area contributed by atoms with E-state index in [1.54, 1.807) is 12.1 Å². The van der Waals surface area contributed by atoms with Crippen LogP contribution in [0.2, 0.25) is 0 Å². The minimum Gasteiger partial charge on any atom is -0.425 e. The van der Waals surface area contributed by atoms with Gasteiger partial charge in [-0.1, -0.05) is 92.7 Å². The average molecular weight is 711 g/mol. The number of amides is 2. The second-order valence-corrected chi connectivity index (χ2v) is 14.7. The van der Waals surface area contributed by atoms with Crippen LogP contribution < -0.4 is 14.8 Å². The highest BCUT2D eigenvalue weighted by Gasteiger charge is 2.30. The van der Waals surface area contributed by atoms with E-state index in [0.29, 0.717) is 11.5 Å². The molecule has 8 nitrogen and oxygen atoms in total. The lowest BCUT2D eigenvalue weighted by Gasteiger charge is -2.28. The Morgan fingerprint density at radius 3 is 1.96 bits per heavy atom. The molecule has 8 heteroatoms. The van der Waals surface area contributed by atoms with E-state index in [9.17, 15) is 19.5 Å². The third-order valence-electron chi connectivity index (χ3n) is 10.2. The molecule has 53 heavy (non-hydrogen) atoms. The van der Waals surface area contributed by atoms with Crippen molar-refractivity contribution in [2.24, 2.45) is 5.92 Å². The fourth-order valence-electron chi connectivity index (χ4n) is 7.53. The summed E-state index contributed by atoms with van der Waals surface area (Å²) in [6.07, 6.45) is 4.58. The van der Waals surface area contributed by atoms with Crippen molar-refractivity contribution in [3.05, 3.63) is 131 Å². The van der Waals surface area contributed by atoms with E-state index in [4.69, 9.17) is 9.47 Å².